The Labute approximate surface area is 90.7 Å². The maximum atomic E-state index is 11.4. The molecule has 0 aromatic heterocycles. The maximum Gasteiger partial charge on any atom is 0.319 e. The van der Waals surface area contributed by atoms with Crippen LogP contribution in [-0.2, 0) is 20.4 Å². The van der Waals surface area contributed by atoms with Crippen LogP contribution in [0.2, 0.25) is 0 Å². The van der Waals surface area contributed by atoms with E-state index < -0.39 is 28.1 Å². The molecule has 15 heavy (non-hydrogen) atoms. The van der Waals surface area contributed by atoms with Crippen molar-refractivity contribution in [2.45, 2.75) is 19.8 Å². The van der Waals surface area contributed by atoms with Gasteiger partial charge in [-0.1, -0.05) is 6.92 Å². The van der Waals surface area contributed by atoms with Crippen LogP contribution in [0, 0.1) is 5.41 Å². The number of carbonyl (C=O) groups excluding carboxylic acids is 1. The minimum absolute atomic E-state index is 0.286. The first kappa shape index (κ1) is 12.2. The number of aliphatic carboxylic acids is 1. The first-order valence-corrected chi connectivity index (χ1v) is 6.38. The van der Waals surface area contributed by atoms with E-state index in [9.17, 15) is 13.8 Å². The molecule has 1 rings (SSSR count). The second-order valence-corrected chi connectivity index (χ2v) is 5.44. The van der Waals surface area contributed by atoms with Gasteiger partial charge in [-0.05, 0) is 12.8 Å². The molecule has 1 saturated carbocycles. The summed E-state index contributed by atoms with van der Waals surface area (Å²) in [5.41, 5.74) is -1.19. The Hall–Kier alpha value is -0.910. The highest BCUT2D eigenvalue weighted by molar-refractivity contribution is 7.84. The number of carboxylic acid groups (broad SMARTS) is 1. The second kappa shape index (κ2) is 4.74. The highest BCUT2D eigenvalue weighted by Crippen LogP contribution is 2.45. The fraction of sp³-hybridized carbons (Fsp3) is 0.778. The molecule has 2 N–H and O–H groups in total. The first-order chi connectivity index (χ1) is 7.03. The van der Waals surface area contributed by atoms with Crippen molar-refractivity contribution < 1.29 is 18.9 Å². The highest BCUT2D eigenvalue weighted by atomic mass is 32.2. The van der Waals surface area contributed by atoms with Crippen molar-refractivity contribution in [1.82, 2.24) is 5.32 Å². The summed E-state index contributed by atoms with van der Waals surface area (Å²) >= 11 is 0. The number of hydrogen-bond acceptors (Lipinski definition) is 3. The average Bonchev–Trinajstić information content (AvgIpc) is 2.97. The van der Waals surface area contributed by atoms with Crippen LogP contribution in [0.5, 0.6) is 0 Å². The van der Waals surface area contributed by atoms with Gasteiger partial charge >= 0.3 is 5.97 Å². The lowest BCUT2D eigenvalue weighted by Gasteiger charge is -2.09. The van der Waals surface area contributed by atoms with Crippen LogP contribution in [0.1, 0.15) is 19.8 Å². The van der Waals surface area contributed by atoms with E-state index in [4.69, 9.17) is 5.11 Å². The van der Waals surface area contributed by atoms with Crippen LogP contribution in [0.15, 0.2) is 0 Å². The van der Waals surface area contributed by atoms with Gasteiger partial charge in [0.15, 0.2) is 0 Å². The molecular formula is C9H15NO4S. The van der Waals surface area contributed by atoms with E-state index in [1.165, 1.54) is 0 Å². The van der Waals surface area contributed by atoms with Crippen molar-refractivity contribution in [3.05, 3.63) is 0 Å². The maximum absolute atomic E-state index is 11.4. The van der Waals surface area contributed by atoms with Gasteiger partial charge < -0.3 is 10.4 Å². The summed E-state index contributed by atoms with van der Waals surface area (Å²) in [4.78, 5) is 22.2. The summed E-state index contributed by atoms with van der Waals surface area (Å²) in [6.07, 6.45) is 0.816. The van der Waals surface area contributed by atoms with Gasteiger partial charge in [-0.2, -0.15) is 0 Å². The molecule has 0 heterocycles. The number of amides is 1. The number of carboxylic acids is 1. The Balaban J connectivity index is 2.31. The van der Waals surface area contributed by atoms with Crippen molar-refractivity contribution in [1.29, 1.82) is 0 Å². The lowest BCUT2D eigenvalue weighted by Crippen LogP contribution is -2.38. The number of hydrogen-bond donors (Lipinski definition) is 2. The summed E-state index contributed by atoms with van der Waals surface area (Å²) in [5.74, 6) is -0.558. The van der Waals surface area contributed by atoms with Crippen LogP contribution < -0.4 is 5.32 Å². The lowest BCUT2D eigenvalue weighted by molar-refractivity contribution is -0.148. The van der Waals surface area contributed by atoms with E-state index in [0.29, 0.717) is 24.3 Å². The largest absolute Gasteiger partial charge is 0.480 e. The lowest BCUT2D eigenvalue weighted by atomic mass is 10.1. The molecule has 86 valence electrons. The molecule has 1 atom stereocenters. The SMILES string of the molecule is CCS(=O)CCNC(=O)C1(C(=O)O)CC1. The van der Waals surface area contributed by atoms with Crippen LogP contribution in [0.3, 0.4) is 0 Å². The minimum Gasteiger partial charge on any atom is -0.480 e. The van der Waals surface area contributed by atoms with E-state index in [1.807, 2.05) is 0 Å². The van der Waals surface area contributed by atoms with E-state index in [-0.39, 0.29) is 6.54 Å². The Morgan fingerprint density at radius 3 is 2.47 bits per heavy atom. The summed E-state index contributed by atoms with van der Waals surface area (Å²) in [5, 5.41) is 11.3. The zero-order valence-corrected chi connectivity index (χ0v) is 9.43. The molecule has 1 aliphatic carbocycles. The molecule has 0 saturated heterocycles. The molecule has 1 fully saturated rings. The van der Waals surface area contributed by atoms with Crippen LogP contribution in [-0.4, -0.2) is 39.2 Å². The molecule has 6 heteroatoms. The molecule has 0 aliphatic heterocycles. The van der Waals surface area contributed by atoms with Gasteiger partial charge in [-0.15, -0.1) is 0 Å². The molecule has 1 amide bonds. The molecule has 0 bridgehead atoms. The Morgan fingerprint density at radius 1 is 1.47 bits per heavy atom. The van der Waals surface area contributed by atoms with Gasteiger partial charge in [-0.3, -0.25) is 13.8 Å². The third-order valence-corrected chi connectivity index (χ3v) is 3.83. The molecular weight excluding hydrogens is 218 g/mol. The predicted molar refractivity (Wildman–Crippen MR) is 55.9 cm³/mol. The molecule has 5 nitrogen and oxygen atoms in total. The molecule has 1 aliphatic rings. The van der Waals surface area contributed by atoms with Crippen molar-refractivity contribution in [2.75, 3.05) is 18.1 Å². The number of rotatable bonds is 6. The Bertz CT molecular complexity index is 298. The van der Waals surface area contributed by atoms with Crippen molar-refractivity contribution in [2.24, 2.45) is 5.41 Å². The van der Waals surface area contributed by atoms with Crippen LogP contribution in [0.25, 0.3) is 0 Å². The second-order valence-electron chi connectivity index (χ2n) is 3.58. The van der Waals surface area contributed by atoms with Crippen molar-refractivity contribution in [3.63, 3.8) is 0 Å². The highest BCUT2D eigenvalue weighted by Gasteiger charge is 2.56. The summed E-state index contributed by atoms with van der Waals surface area (Å²) in [6, 6.07) is 0. The molecule has 0 aromatic rings. The zero-order chi connectivity index (χ0) is 11.5. The van der Waals surface area contributed by atoms with E-state index in [1.54, 1.807) is 6.92 Å². The summed E-state index contributed by atoms with van der Waals surface area (Å²) in [6.45, 7) is 2.09. The molecule has 0 aromatic carbocycles. The number of nitrogens with one attached hydrogen (secondary N) is 1. The fourth-order valence-electron chi connectivity index (χ4n) is 1.25. The Morgan fingerprint density at radius 2 is 2.07 bits per heavy atom. The first-order valence-electron chi connectivity index (χ1n) is 4.89. The molecule has 0 radical (unpaired) electrons. The monoisotopic (exact) mass is 233 g/mol. The molecule has 0 spiro atoms. The van der Waals surface area contributed by atoms with Crippen LogP contribution in [0.4, 0.5) is 0 Å². The van der Waals surface area contributed by atoms with Gasteiger partial charge in [0, 0.05) is 28.9 Å². The van der Waals surface area contributed by atoms with E-state index >= 15 is 0 Å². The van der Waals surface area contributed by atoms with Crippen molar-refractivity contribution >= 4 is 22.7 Å². The average molecular weight is 233 g/mol. The van der Waals surface area contributed by atoms with E-state index in [0.717, 1.165) is 0 Å². The van der Waals surface area contributed by atoms with Gasteiger partial charge in [0.25, 0.3) is 0 Å². The molecule has 1 unspecified atom stereocenters. The smallest absolute Gasteiger partial charge is 0.319 e. The normalized spacial score (nSPS) is 19.3. The third-order valence-electron chi connectivity index (χ3n) is 2.53. The van der Waals surface area contributed by atoms with Crippen molar-refractivity contribution in [3.8, 4) is 0 Å². The van der Waals surface area contributed by atoms with Crippen LogP contribution >= 0.6 is 0 Å². The standard InChI is InChI=1S/C9H15NO4S/c1-2-15(14)6-5-10-7(11)9(3-4-9)8(12)13/h2-6H2,1H3,(H,10,11)(H,12,13). The van der Waals surface area contributed by atoms with Gasteiger partial charge in [0.05, 0.1) is 0 Å². The van der Waals surface area contributed by atoms with E-state index in [2.05, 4.69) is 5.32 Å². The van der Waals surface area contributed by atoms with Gasteiger partial charge in [0.2, 0.25) is 5.91 Å². The summed E-state index contributed by atoms with van der Waals surface area (Å²) in [7, 11) is -0.923. The van der Waals surface area contributed by atoms with Gasteiger partial charge in [0.1, 0.15) is 5.41 Å². The zero-order valence-electron chi connectivity index (χ0n) is 8.62. The minimum atomic E-state index is -1.19. The third kappa shape index (κ3) is 2.77. The fourth-order valence-corrected chi connectivity index (χ4v) is 1.87. The summed E-state index contributed by atoms with van der Waals surface area (Å²) < 4.78 is 11.0. The Kier molecular flexibility index (Phi) is 3.84. The quantitative estimate of drug-likeness (QED) is 0.619. The predicted octanol–water partition coefficient (Wildman–Crippen LogP) is -0.264. The van der Waals surface area contributed by atoms with Gasteiger partial charge in [-0.25, -0.2) is 0 Å². The topological polar surface area (TPSA) is 83.5 Å². The number of carbonyl (C=O) groups is 2.